The lowest BCUT2D eigenvalue weighted by molar-refractivity contribution is -0.121. The number of amides is 1. The van der Waals surface area contributed by atoms with Gasteiger partial charge in [0.25, 0.3) is 0 Å². The van der Waals surface area contributed by atoms with Crippen LogP contribution in [0.3, 0.4) is 0 Å². The van der Waals surface area contributed by atoms with Crippen molar-refractivity contribution >= 4 is 35.8 Å². The maximum Gasteiger partial charge on any atom is 0.221 e. The summed E-state index contributed by atoms with van der Waals surface area (Å²) in [5.74, 6) is 1.58. The normalized spacial score (nSPS) is 10.8. The minimum atomic E-state index is 0. The topological polar surface area (TPSA) is 74.8 Å². The van der Waals surface area contributed by atoms with Crippen molar-refractivity contribution in [3.05, 3.63) is 29.8 Å². The van der Waals surface area contributed by atoms with Crippen molar-refractivity contribution in [3.8, 4) is 5.75 Å². The van der Waals surface area contributed by atoms with Crippen molar-refractivity contribution in [3.63, 3.8) is 0 Å². The van der Waals surface area contributed by atoms with Gasteiger partial charge >= 0.3 is 0 Å². The number of ether oxygens (including phenoxy) is 1. The molecular weight excluding hydrogens is 419 g/mol. The average molecular weight is 448 g/mol. The zero-order valence-corrected chi connectivity index (χ0v) is 17.2. The number of nitrogens with zero attached hydrogens (tertiary/aromatic N) is 1. The highest BCUT2D eigenvalue weighted by molar-refractivity contribution is 14.0. The molecular formula is C17H29IN4O2. The SMILES string of the molecule is CCNC(=NCc1ccc(OC)cc1)NCCC(=O)NC(C)C.I. The summed E-state index contributed by atoms with van der Waals surface area (Å²) in [5, 5.41) is 9.21. The van der Waals surface area contributed by atoms with Crippen molar-refractivity contribution in [2.45, 2.75) is 39.8 Å². The molecule has 1 aromatic rings. The lowest BCUT2D eigenvalue weighted by atomic mass is 10.2. The molecule has 0 saturated heterocycles. The molecule has 6 nitrogen and oxygen atoms in total. The molecule has 1 amide bonds. The van der Waals surface area contributed by atoms with E-state index in [0.29, 0.717) is 25.5 Å². The summed E-state index contributed by atoms with van der Waals surface area (Å²) < 4.78 is 5.14. The molecule has 0 spiro atoms. The molecule has 0 aromatic heterocycles. The lowest BCUT2D eigenvalue weighted by Crippen LogP contribution is -2.40. The Morgan fingerprint density at radius 3 is 2.42 bits per heavy atom. The molecule has 3 N–H and O–H groups in total. The second-order valence-electron chi connectivity index (χ2n) is 5.44. The van der Waals surface area contributed by atoms with Crippen LogP contribution in [0.2, 0.25) is 0 Å². The number of carbonyl (C=O) groups excluding carboxylic acids is 1. The number of nitrogens with one attached hydrogen (secondary N) is 3. The van der Waals surface area contributed by atoms with Gasteiger partial charge in [0.2, 0.25) is 5.91 Å². The van der Waals surface area contributed by atoms with Crippen LogP contribution in [0.15, 0.2) is 29.3 Å². The first-order chi connectivity index (χ1) is 11.0. The zero-order valence-electron chi connectivity index (χ0n) is 14.9. The van der Waals surface area contributed by atoms with E-state index in [-0.39, 0.29) is 35.9 Å². The predicted octanol–water partition coefficient (Wildman–Crippen LogP) is 2.28. The number of guanidine groups is 1. The van der Waals surface area contributed by atoms with Gasteiger partial charge in [-0.3, -0.25) is 4.79 Å². The van der Waals surface area contributed by atoms with E-state index in [1.165, 1.54) is 0 Å². The van der Waals surface area contributed by atoms with E-state index in [4.69, 9.17) is 4.74 Å². The number of aliphatic imine (C=N–C) groups is 1. The summed E-state index contributed by atoms with van der Waals surface area (Å²) in [6.45, 7) is 7.80. The van der Waals surface area contributed by atoms with Crippen LogP contribution in [0.4, 0.5) is 0 Å². The largest absolute Gasteiger partial charge is 0.497 e. The van der Waals surface area contributed by atoms with Crippen LogP contribution in [0.5, 0.6) is 5.75 Å². The van der Waals surface area contributed by atoms with Gasteiger partial charge in [0, 0.05) is 25.6 Å². The van der Waals surface area contributed by atoms with E-state index in [2.05, 4.69) is 20.9 Å². The summed E-state index contributed by atoms with van der Waals surface area (Å²) in [4.78, 5) is 16.1. The van der Waals surface area contributed by atoms with Crippen molar-refractivity contribution in [1.82, 2.24) is 16.0 Å². The highest BCUT2D eigenvalue weighted by Crippen LogP contribution is 2.11. The second kappa shape index (κ2) is 12.9. The number of methoxy groups -OCH3 is 1. The van der Waals surface area contributed by atoms with Gasteiger partial charge < -0.3 is 20.7 Å². The molecule has 0 fully saturated rings. The zero-order chi connectivity index (χ0) is 17.1. The van der Waals surface area contributed by atoms with Crippen molar-refractivity contribution in [2.75, 3.05) is 20.2 Å². The van der Waals surface area contributed by atoms with Crippen LogP contribution in [0.1, 0.15) is 32.8 Å². The summed E-state index contributed by atoms with van der Waals surface area (Å²) in [6, 6.07) is 7.98. The lowest BCUT2D eigenvalue weighted by Gasteiger charge is -2.12. The first-order valence-corrected chi connectivity index (χ1v) is 7.99. The molecule has 0 unspecified atom stereocenters. The Labute approximate surface area is 161 Å². The fourth-order valence-corrected chi connectivity index (χ4v) is 1.93. The Morgan fingerprint density at radius 1 is 1.21 bits per heavy atom. The number of benzene rings is 1. The second-order valence-corrected chi connectivity index (χ2v) is 5.44. The molecule has 136 valence electrons. The number of halogens is 1. The van der Waals surface area contributed by atoms with Crippen LogP contribution in [-0.4, -0.2) is 38.1 Å². The third-order valence-corrected chi connectivity index (χ3v) is 3.02. The maximum atomic E-state index is 11.6. The van der Waals surface area contributed by atoms with Crippen LogP contribution >= 0.6 is 24.0 Å². The highest BCUT2D eigenvalue weighted by atomic mass is 127. The van der Waals surface area contributed by atoms with E-state index < -0.39 is 0 Å². The number of carbonyl (C=O) groups is 1. The van der Waals surface area contributed by atoms with E-state index in [9.17, 15) is 4.79 Å². The fraction of sp³-hybridized carbons (Fsp3) is 0.529. The van der Waals surface area contributed by atoms with Crippen LogP contribution in [-0.2, 0) is 11.3 Å². The van der Waals surface area contributed by atoms with Gasteiger partial charge in [-0.25, -0.2) is 4.99 Å². The Balaban J connectivity index is 0.00000529. The van der Waals surface area contributed by atoms with Gasteiger partial charge in [0.05, 0.1) is 13.7 Å². The monoisotopic (exact) mass is 448 g/mol. The Morgan fingerprint density at radius 2 is 1.88 bits per heavy atom. The molecule has 7 heteroatoms. The molecule has 0 heterocycles. The predicted molar refractivity (Wildman–Crippen MR) is 109 cm³/mol. The smallest absolute Gasteiger partial charge is 0.221 e. The van der Waals surface area contributed by atoms with Crippen molar-refractivity contribution in [1.29, 1.82) is 0 Å². The Bertz CT molecular complexity index is 504. The fourth-order valence-electron chi connectivity index (χ4n) is 1.93. The molecule has 1 rings (SSSR count). The minimum absolute atomic E-state index is 0. The van der Waals surface area contributed by atoms with Crippen LogP contribution in [0.25, 0.3) is 0 Å². The van der Waals surface area contributed by atoms with Gasteiger partial charge in [-0.1, -0.05) is 12.1 Å². The van der Waals surface area contributed by atoms with Crippen LogP contribution in [0, 0.1) is 0 Å². The summed E-state index contributed by atoms with van der Waals surface area (Å²) >= 11 is 0. The third kappa shape index (κ3) is 9.59. The van der Waals surface area contributed by atoms with Crippen molar-refractivity contribution in [2.24, 2.45) is 4.99 Å². The number of hydrogen-bond donors (Lipinski definition) is 3. The van der Waals surface area contributed by atoms with E-state index in [1.54, 1.807) is 7.11 Å². The highest BCUT2D eigenvalue weighted by Gasteiger charge is 2.04. The molecule has 0 aliphatic rings. The molecule has 0 saturated carbocycles. The Kier molecular flexibility index (Phi) is 12.0. The van der Waals surface area contributed by atoms with Gasteiger partial charge in [-0.05, 0) is 38.5 Å². The standard InChI is InChI=1S/C17H28N4O2.HI/c1-5-18-17(19-11-10-16(22)21-13(2)3)20-12-14-6-8-15(23-4)9-7-14;/h6-9,13H,5,10-12H2,1-4H3,(H,21,22)(H2,18,19,20);1H. The molecule has 0 atom stereocenters. The number of hydrogen-bond acceptors (Lipinski definition) is 3. The quantitative estimate of drug-likeness (QED) is 0.324. The minimum Gasteiger partial charge on any atom is -0.497 e. The molecule has 0 aliphatic carbocycles. The van der Waals surface area contributed by atoms with Gasteiger partial charge in [-0.15, -0.1) is 24.0 Å². The molecule has 1 aromatic carbocycles. The average Bonchev–Trinajstić information content (AvgIpc) is 2.52. The first kappa shape index (κ1) is 22.5. The summed E-state index contributed by atoms with van der Waals surface area (Å²) in [7, 11) is 1.65. The molecule has 0 bridgehead atoms. The van der Waals surface area contributed by atoms with E-state index >= 15 is 0 Å². The Hall–Kier alpha value is -1.51. The summed E-state index contributed by atoms with van der Waals surface area (Å²) in [6.07, 6.45) is 0.422. The maximum absolute atomic E-state index is 11.6. The van der Waals surface area contributed by atoms with Gasteiger partial charge in [0.1, 0.15) is 5.75 Å². The molecule has 24 heavy (non-hydrogen) atoms. The third-order valence-electron chi connectivity index (χ3n) is 3.02. The van der Waals surface area contributed by atoms with Gasteiger partial charge in [-0.2, -0.15) is 0 Å². The molecule has 0 radical (unpaired) electrons. The van der Waals surface area contributed by atoms with Crippen LogP contribution < -0.4 is 20.7 Å². The van der Waals surface area contributed by atoms with Gasteiger partial charge in [0.15, 0.2) is 5.96 Å². The molecule has 0 aliphatic heterocycles. The first-order valence-electron chi connectivity index (χ1n) is 7.99. The van der Waals surface area contributed by atoms with E-state index in [0.717, 1.165) is 17.9 Å². The number of rotatable bonds is 8. The van der Waals surface area contributed by atoms with Crippen molar-refractivity contribution < 1.29 is 9.53 Å². The van der Waals surface area contributed by atoms with E-state index in [1.807, 2.05) is 45.0 Å². The summed E-state index contributed by atoms with van der Waals surface area (Å²) in [5.41, 5.74) is 1.10.